The molecular weight excluding hydrogens is 975 g/mol. The van der Waals surface area contributed by atoms with Crippen LogP contribution in [0.3, 0.4) is 0 Å². The van der Waals surface area contributed by atoms with E-state index in [1.165, 1.54) is 49.5 Å². The van der Waals surface area contributed by atoms with E-state index in [1.807, 2.05) is 55.5 Å². The number of imidazole rings is 1. The number of furan rings is 1. The van der Waals surface area contributed by atoms with Gasteiger partial charge in [-0.25, -0.2) is 15.0 Å². The van der Waals surface area contributed by atoms with E-state index >= 15 is 0 Å². The first-order valence-electron chi connectivity index (χ1n) is 27.1. The lowest BCUT2D eigenvalue weighted by atomic mass is 9.87. The van der Waals surface area contributed by atoms with Crippen LogP contribution in [0.25, 0.3) is 43.5 Å². The number of benzene rings is 5. The molecule has 0 aliphatic heterocycles. The topological polar surface area (TPSA) is 215 Å². The van der Waals surface area contributed by atoms with Crippen molar-refractivity contribution in [3.05, 3.63) is 191 Å². The summed E-state index contributed by atoms with van der Waals surface area (Å²) in [5, 5.41) is 5.68. The normalized spacial score (nSPS) is 12.6. The predicted octanol–water partition coefficient (Wildman–Crippen LogP) is 17.2. The average molecular weight is 1070 g/mol. The van der Waals surface area contributed by atoms with Gasteiger partial charge in [0.15, 0.2) is 5.95 Å². The summed E-state index contributed by atoms with van der Waals surface area (Å²) < 4.78 is 5.56. The van der Waals surface area contributed by atoms with Gasteiger partial charge in [0, 0.05) is 40.7 Å². The first-order chi connectivity index (χ1) is 36.6. The van der Waals surface area contributed by atoms with Crippen molar-refractivity contribution in [1.29, 1.82) is 0 Å². The van der Waals surface area contributed by atoms with Gasteiger partial charge in [0.1, 0.15) is 23.0 Å². The van der Waals surface area contributed by atoms with Gasteiger partial charge in [0.25, 0.3) is 0 Å². The van der Waals surface area contributed by atoms with Crippen LogP contribution in [0, 0.1) is 18.8 Å². The third-order valence-electron chi connectivity index (χ3n) is 13.6. The van der Waals surface area contributed by atoms with Gasteiger partial charge in [0.2, 0.25) is 5.91 Å². The lowest BCUT2D eigenvalue weighted by molar-refractivity contribution is -0.114. The van der Waals surface area contributed by atoms with E-state index in [2.05, 4.69) is 182 Å². The number of hydrogen-bond donors (Lipinski definition) is 6. The van der Waals surface area contributed by atoms with Gasteiger partial charge < -0.3 is 38.1 Å². The molecule has 79 heavy (non-hydrogen) atoms. The second kappa shape index (κ2) is 31.0. The Labute approximate surface area is 472 Å². The highest BCUT2D eigenvalue weighted by atomic mass is 16.3. The molecule has 1 unspecified atom stereocenters. The van der Waals surface area contributed by atoms with Crippen LogP contribution in [0.5, 0.6) is 0 Å². The molecule has 0 saturated heterocycles. The van der Waals surface area contributed by atoms with Crippen molar-refractivity contribution in [2.75, 3.05) is 17.2 Å². The number of pyridine rings is 2. The van der Waals surface area contributed by atoms with Crippen LogP contribution in [0.15, 0.2) is 156 Å². The van der Waals surface area contributed by atoms with Crippen molar-refractivity contribution in [2.45, 2.75) is 147 Å². The number of hydrogen-bond acceptors (Lipinski definition) is 9. The van der Waals surface area contributed by atoms with Crippen LogP contribution in [0.4, 0.5) is 17.6 Å². The fourth-order valence-electron chi connectivity index (χ4n) is 8.66. The van der Waals surface area contributed by atoms with E-state index in [1.54, 1.807) is 18.5 Å². The maximum atomic E-state index is 10.8. The van der Waals surface area contributed by atoms with Crippen molar-refractivity contribution in [3.8, 4) is 0 Å². The number of H-pyrrole nitrogens is 1. The van der Waals surface area contributed by atoms with Gasteiger partial charge in [-0.15, -0.1) is 0 Å². The number of carbonyl (C=O) groups excluding carboxylic acids is 1. The number of nitrogen functional groups attached to an aromatic ring is 3. The number of anilines is 3. The number of aryl methyl sites for hydroxylation is 1. The minimum absolute atomic E-state index is 0. The molecule has 1 aliphatic rings. The molecule has 1 amide bonds. The zero-order valence-electron chi connectivity index (χ0n) is 47.9. The van der Waals surface area contributed by atoms with Crippen molar-refractivity contribution >= 4 is 67.0 Å². The molecule has 0 fully saturated rings. The standard InChI is InChI=1S/2C12H14N2.C12H14O.C10H13N3.C10H15NO.C10H15N.2CH4/c1-8(2)9-3-4-11-10(7-9)5-6-14-12(11)13;1-8(2)9-4-3-5-11-10(9)6-7-14-12(11)13;1-8(2)10-4-5-11-6-9(3)13-12(11)7-10;1-6(2)7-3-4-8-9(5-7)13-10(11)12-8;1-7(2)8-4-3-5-9(6-8)10(11)12;1-8(2)10-5-3-9(7-11)4-6-10;;/h2*3-8H,1-2H3,(H2,13,14);4-8H,1-3H3;3-6H,1-2H3,(H3,11,12,13);3,5-8H,4H2,1-2H3,(H2,11,12);3-6,8H,7,11H2,1-2H3;2*1H4. The second-order valence-electron chi connectivity index (χ2n) is 21.6. The Kier molecular flexibility index (Phi) is 25.7. The number of nitrogens with one attached hydrogen (secondary N) is 1. The number of nitrogens with zero attached hydrogens (tertiary/aromatic N) is 3. The van der Waals surface area contributed by atoms with E-state index in [4.69, 9.17) is 33.1 Å². The zero-order valence-corrected chi connectivity index (χ0v) is 47.9. The van der Waals surface area contributed by atoms with E-state index in [9.17, 15) is 4.79 Å². The number of allylic oxidation sites excluding steroid dienone is 2. The van der Waals surface area contributed by atoms with E-state index < -0.39 is 0 Å². The van der Waals surface area contributed by atoms with Crippen LogP contribution in [-0.4, -0.2) is 25.8 Å². The number of fused-ring (bicyclic) bond motifs is 4. The Morgan fingerprint density at radius 3 is 1.78 bits per heavy atom. The Hall–Kier alpha value is -7.76. The monoisotopic (exact) mass is 1070 g/mol. The summed E-state index contributed by atoms with van der Waals surface area (Å²) in [4.78, 5) is 26.1. The molecule has 0 spiro atoms. The number of aromatic amines is 1. The highest BCUT2D eigenvalue weighted by molar-refractivity contribution is 5.95. The Bertz CT molecular complexity index is 3290. The maximum absolute atomic E-state index is 10.8. The molecule has 422 valence electrons. The molecule has 4 heterocycles. The first-order valence-corrected chi connectivity index (χ1v) is 27.1. The number of aromatic nitrogens is 4. The van der Waals surface area contributed by atoms with E-state index in [0.29, 0.717) is 71.1 Å². The van der Waals surface area contributed by atoms with Gasteiger partial charge in [-0.05, 0) is 135 Å². The zero-order chi connectivity index (χ0) is 56.5. The summed E-state index contributed by atoms with van der Waals surface area (Å²) in [7, 11) is 0. The molecule has 10 rings (SSSR count). The lowest BCUT2D eigenvalue weighted by Gasteiger charge is -2.18. The summed E-state index contributed by atoms with van der Waals surface area (Å²) in [6, 6.07) is 39.7. The summed E-state index contributed by atoms with van der Waals surface area (Å²) in [5.41, 5.74) is 39.3. The predicted molar refractivity (Wildman–Crippen MR) is 341 cm³/mol. The number of primary amides is 1. The minimum atomic E-state index is -0.323. The third kappa shape index (κ3) is 19.0. The lowest BCUT2D eigenvalue weighted by Crippen LogP contribution is -2.17. The summed E-state index contributed by atoms with van der Waals surface area (Å²) in [6.45, 7) is 28.8. The van der Waals surface area contributed by atoms with E-state index in [0.717, 1.165) is 39.6 Å². The van der Waals surface area contributed by atoms with Crippen LogP contribution < -0.4 is 28.7 Å². The van der Waals surface area contributed by atoms with Gasteiger partial charge in [-0.1, -0.05) is 195 Å². The quantitative estimate of drug-likeness (QED) is 0.0852. The van der Waals surface area contributed by atoms with E-state index in [-0.39, 0.29) is 20.8 Å². The highest BCUT2D eigenvalue weighted by Gasteiger charge is 2.15. The SMILES string of the molecule is C.C.CC(C)C1C=C(C(N)=O)C=CC1.CC(C)c1ccc(CN)cc1.CC(C)c1ccc2c(N)nccc2c1.CC(C)c1ccc2nc(N)[nH]c2c1.CC(C)c1cccc2c(N)nccc12.Cc1cc2ccc(C(C)C)cc2o1. The van der Waals surface area contributed by atoms with Crippen LogP contribution in [-0.2, 0) is 11.3 Å². The van der Waals surface area contributed by atoms with Gasteiger partial charge in [0.05, 0.1) is 11.0 Å². The number of nitrogens with two attached hydrogens (primary N) is 5. The molecule has 11 heteroatoms. The molecule has 9 aromatic rings. The number of carbonyl (C=O) groups is 1. The summed E-state index contributed by atoms with van der Waals surface area (Å²) in [6.07, 6.45) is 10.3. The van der Waals surface area contributed by atoms with Crippen molar-refractivity contribution < 1.29 is 9.21 Å². The second-order valence-corrected chi connectivity index (χ2v) is 21.6. The molecule has 11 nitrogen and oxygen atoms in total. The first kappa shape index (κ1) is 65.5. The molecule has 0 bridgehead atoms. The molecule has 1 aliphatic carbocycles. The smallest absolute Gasteiger partial charge is 0.248 e. The Morgan fingerprint density at radius 1 is 0.620 bits per heavy atom. The summed E-state index contributed by atoms with van der Waals surface area (Å²) in [5.74, 6) is 6.19. The van der Waals surface area contributed by atoms with Gasteiger partial charge in [-0.3, -0.25) is 4.79 Å². The molecule has 0 radical (unpaired) electrons. The molecule has 5 aromatic carbocycles. The molecule has 4 aromatic heterocycles. The van der Waals surface area contributed by atoms with Gasteiger partial charge >= 0.3 is 0 Å². The van der Waals surface area contributed by atoms with Crippen molar-refractivity contribution in [3.63, 3.8) is 0 Å². The van der Waals surface area contributed by atoms with Crippen LogP contribution >= 0.6 is 0 Å². The minimum Gasteiger partial charge on any atom is -0.461 e. The fourth-order valence-corrected chi connectivity index (χ4v) is 8.66. The summed E-state index contributed by atoms with van der Waals surface area (Å²) >= 11 is 0. The Balaban J connectivity index is 0.000000248. The third-order valence-corrected chi connectivity index (χ3v) is 13.6. The molecule has 1 atom stereocenters. The van der Waals surface area contributed by atoms with Crippen LogP contribution in [0.1, 0.15) is 173 Å². The van der Waals surface area contributed by atoms with Crippen LogP contribution in [0.2, 0.25) is 0 Å². The maximum Gasteiger partial charge on any atom is 0.248 e. The molecule has 0 saturated carbocycles. The van der Waals surface area contributed by atoms with Crippen molar-refractivity contribution in [1.82, 2.24) is 19.9 Å². The average Bonchev–Trinajstić information content (AvgIpc) is 3.99. The van der Waals surface area contributed by atoms with Crippen molar-refractivity contribution in [2.24, 2.45) is 23.3 Å². The highest BCUT2D eigenvalue weighted by Crippen LogP contribution is 2.29. The fraction of sp³-hybridized carbons (Fsp3) is 0.353. The van der Waals surface area contributed by atoms with Gasteiger partial charge in [-0.2, -0.15) is 0 Å². The molecular formula is C68H93N9O2. The molecule has 11 N–H and O–H groups in total. The Morgan fingerprint density at radius 2 is 1.19 bits per heavy atom. The number of amides is 1. The largest absolute Gasteiger partial charge is 0.461 e. The number of rotatable bonds is 8.